The monoisotopic (exact) mass is 348 g/mol. The van der Waals surface area contributed by atoms with Crippen molar-refractivity contribution in [2.75, 3.05) is 23.0 Å². The summed E-state index contributed by atoms with van der Waals surface area (Å²) in [6, 6.07) is 15.9. The molecule has 2 aliphatic rings. The normalized spacial score (nSPS) is 20.0. The predicted molar refractivity (Wildman–Crippen MR) is 113 cm³/mol. The number of hydrogen-bond acceptors (Lipinski definition) is 2. The van der Waals surface area contributed by atoms with Crippen LogP contribution in [0, 0.1) is 0 Å². The van der Waals surface area contributed by atoms with Crippen LogP contribution in [0.15, 0.2) is 42.5 Å². The zero-order valence-corrected chi connectivity index (χ0v) is 17.0. The van der Waals surface area contributed by atoms with Crippen LogP contribution in [0.4, 0.5) is 17.1 Å². The molecule has 0 atom stereocenters. The average Bonchev–Trinajstić information content (AvgIpc) is 2.97. The van der Waals surface area contributed by atoms with Crippen molar-refractivity contribution in [1.82, 2.24) is 0 Å². The highest BCUT2D eigenvalue weighted by Gasteiger charge is 2.40. The van der Waals surface area contributed by atoms with Crippen LogP contribution in [0.2, 0.25) is 0 Å². The van der Waals surface area contributed by atoms with Crippen molar-refractivity contribution < 1.29 is 0 Å². The Labute approximate surface area is 158 Å². The van der Waals surface area contributed by atoms with E-state index in [-0.39, 0.29) is 10.8 Å². The van der Waals surface area contributed by atoms with Gasteiger partial charge >= 0.3 is 0 Å². The van der Waals surface area contributed by atoms with Gasteiger partial charge < -0.3 is 9.80 Å². The zero-order chi connectivity index (χ0) is 18.5. The van der Waals surface area contributed by atoms with Gasteiger partial charge in [0.15, 0.2) is 0 Å². The Hall–Kier alpha value is -1.96. The first-order valence-corrected chi connectivity index (χ1v) is 10.1. The molecule has 0 fully saturated rings. The molecule has 2 heteroatoms. The standard InChI is InChI=1S/C24H32N2/c1-6-14-25-17-26(18-10-8-7-9-11-18)22-16-20-19(15-21(22)25)23(2,3)12-13-24(20,4)5/h7-11,15-16H,6,12-14,17H2,1-5H3. The van der Waals surface area contributed by atoms with Crippen molar-refractivity contribution in [1.29, 1.82) is 0 Å². The molecule has 1 aliphatic carbocycles. The largest absolute Gasteiger partial charge is 0.352 e. The van der Waals surface area contributed by atoms with Gasteiger partial charge in [-0.25, -0.2) is 0 Å². The smallest absolute Gasteiger partial charge is 0.0953 e. The minimum Gasteiger partial charge on any atom is -0.352 e. The fourth-order valence-corrected chi connectivity index (χ4v) is 4.67. The molecule has 2 aromatic rings. The van der Waals surface area contributed by atoms with Crippen LogP contribution >= 0.6 is 0 Å². The highest BCUT2D eigenvalue weighted by atomic mass is 15.4. The molecule has 0 saturated heterocycles. The number of fused-ring (bicyclic) bond motifs is 2. The molecule has 2 aromatic carbocycles. The predicted octanol–water partition coefficient (Wildman–Crippen LogP) is 6.36. The summed E-state index contributed by atoms with van der Waals surface area (Å²) in [4.78, 5) is 5.04. The van der Waals surface area contributed by atoms with Gasteiger partial charge in [-0.05, 0) is 65.5 Å². The number of anilines is 3. The Morgan fingerprint density at radius 3 is 2.00 bits per heavy atom. The number of benzene rings is 2. The van der Waals surface area contributed by atoms with Crippen LogP contribution in [0.1, 0.15) is 65.0 Å². The van der Waals surface area contributed by atoms with Gasteiger partial charge in [-0.2, -0.15) is 0 Å². The molecule has 2 nitrogen and oxygen atoms in total. The van der Waals surface area contributed by atoms with Gasteiger partial charge in [0.05, 0.1) is 18.0 Å². The van der Waals surface area contributed by atoms with Crippen molar-refractivity contribution in [2.24, 2.45) is 0 Å². The molecule has 0 spiro atoms. The first-order valence-electron chi connectivity index (χ1n) is 10.1. The Kier molecular flexibility index (Phi) is 4.06. The van der Waals surface area contributed by atoms with E-state index < -0.39 is 0 Å². The van der Waals surface area contributed by atoms with E-state index in [0.29, 0.717) is 0 Å². The number of rotatable bonds is 3. The van der Waals surface area contributed by atoms with Crippen LogP contribution in [0.3, 0.4) is 0 Å². The van der Waals surface area contributed by atoms with Crippen molar-refractivity contribution in [3.05, 3.63) is 53.6 Å². The fraction of sp³-hybridized carbons (Fsp3) is 0.500. The van der Waals surface area contributed by atoms with Gasteiger partial charge in [0.1, 0.15) is 0 Å². The number of hydrogen-bond donors (Lipinski definition) is 0. The fourth-order valence-electron chi connectivity index (χ4n) is 4.67. The van der Waals surface area contributed by atoms with E-state index in [4.69, 9.17) is 0 Å². The molecular formula is C24H32N2. The summed E-state index contributed by atoms with van der Waals surface area (Å²) in [5, 5.41) is 0. The van der Waals surface area contributed by atoms with Gasteiger partial charge in [-0.3, -0.25) is 0 Å². The minimum absolute atomic E-state index is 0.250. The van der Waals surface area contributed by atoms with Crippen molar-refractivity contribution in [3.8, 4) is 0 Å². The molecule has 1 aliphatic heterocycles. The Morgan fingerprint density at radius 2 is 1.42 bits per heavy atom. The maximum atomic E-state index is 2.56. The topological polar surface area (TPSA) is 6.48 Å². The van der Waals surface area contributed by atoms with E-state index in [2.05, 4.69) is 86.9 Å². The Bertz CT molecular complexity index is 804. The maximum absolute atomic E-state index is 2.56. The van der Waals surface area contributed by atoms with E-state index in [9.17, 15) is 0 Å². The summed E-state index contributed by atoms with van der Waals surface area (Å²) in [5.74, 6) is 0. The Morgan fingerprint density at radius 1 is 0.846 bits per heavy atom. The summed E-state index contributed by atoms with van der Waals surface area (Å²) < 4.78 is 0. The van der Waals surface area contributed by atoms with Crippen LogP contribution in [0.25, 0.3) is 0 Å². The van der Waals surface area contributed by atoms with Crippen LogP contribution in [0.5, 0.6) is 0 Å². The SMILES string of the molecule is CCCN1CN(c2ccccc2)c2cc3c(cc21)C(C)(C)CCC3(C)C. The minimum atomic E-state index is 0.250. The maximum Gasteiger partial charge on any atom is 0.0953 e. The van der Waals surface area contributed by atoms with E-state index in [1.54, 1.807) is 11.1 Å². The molecule has 138 valence electrons. The van der Waals surface area contributed by atoms with Crippen LogP contribution < -0.4 is 9.80 Å². The molecule has 0 aromatic heterocycles. The second-order valence-corrected chi connectivity index (χ2v) is 9.32. The van der Waals surface area contributed by atoms with E-state index in [0.717, 1.165) is 13.2 Å². The lowest BCUT2D eigenvalue weighted by molar-refractivity contribution is 0.332. The van der Waals surface area contributed by atoms with E-state index in [1.807, 2.05) is 0 Å². The van der Waals surface area contributed by atoms with E-state index in [1.165, 1.54) is 36.3 Å². The van der Waals surface area contributed by atoms with Crippen LogP contribution in [-0.4, -0.2) is 13.2 Å². The van der Waals surface area contributed by atoms with Gasteiger partial charge in [0, 0.05) is 12.2 Å². The zero-order valence-electron chi connectivity index (χ0n) is 17.0. The molecule has 0 N–H and O–H groups in total. The summed E-state index contributed by atoms with van der Waals surface area (Å²) >= 11 is 0. The molecule has 4 rings (SSSR count). The third kappa shape index (κ3) is 2.71. The number of nitrogens with zero attached hydrogens (tertiary/aromatic N) is 2. The lowest BCUT2D eigenvalue weighted by Gasteiger charge is -2.42. The van der Waals surface area contributed by atoms with Gasteiger partial charge in [-0.15, -0.1) is 0 Å². The summed E-state index contributed by atoms with van der Waals surface area (Å²) in [6.45, 7) is 14.0. The highest BCUT2D eigenvalue weighted by molar-refractivity contribution is 5.84. The Balaban J connectivity index is 1.90. The average molecular weight is 349 g/mol. The van der Waals surface area contributed by atoms with Crippen molar-refractivity contribution >= 4 is 17.1 Å². The third-order valence-electron chi connectivity index (χ3n) is 6.45. The lowest BCUT2D eigenvalue weighted by atomic mass is 9.63. The molecular weight excluding hydrogens is 316 g/mol. The highest BCUT2D eigenvalue weighted by Crippen LogP contribution is 2.51. The van der Waals surface area contributed by atoms with Gasteiger partial charge in [0.25, 0.3) is 0 Å². The summed E-state index contributed by atoms with van der Waals surface area (Å²) in [5.41, 5.74) is 7.71. The second-order valence-electron chi connectivity index (χ2n) is 9.32. The summed E-state index contributed by atoms with van der Waals surface area (Å²) in [7, 11) is 0. The third-order valence-corrected chi connectivity index (χ3v) is 6.45. The first kappa shape index (κ1) is 17.5. The quantitative estimate of drug-likeness (QED) is 0.636. The first-order chi connectivity index (χ1) is 12.3. The second kappa shape index (κ2) is 6.04. The molecule has 0 saturated carbocycles. The molecule has 26 heavy (non-hydrogen) atoms. The molecule has 0 bridgehead atoms. The van der Waals surface area contributed by atoms with E-state index >= 15 is 0 Å². The molecule has 0 amide bonds. The summed E-state index contributed by atoms with van der Waals surface area (Å²) in [6.07, 6.45) is 3.70. The lowest BCUT2D eigenvalue weighted by Crippen LogP contribution is -2.34. The van der Waals surface area contributed by atoms with Crippen molar-refractivity contribution in [3.63, 3.8) is 0 Å². The number of para-hydroxylation sites is 1. The van der Waals surface area contributed by atoms with Gasteiger partial charge in [-0.1, -0.05) is 52.8 Å². The molecule has 1 heterocycles. The molecule has 0 unspecified atom stereocenters. The van der Waals surface area contributed by atoms with Crippen molar-refractivity contribution in [2.45, 2.75) is 64.7 Å². The van der Waals surface area contributed by atoms with Gasteiger partial charge in [0.2, 0.25) is 0 Å². The van der Waals surface area contributed by atoms with Crippen LogP contribution in [-0.2, 0) is 10.8 Å². The molecule has 0 radical (unpaired) electrons.